The Morgan fingerprint density at radius 2 is 2.24 bits per heavy atom. The minimum Gasteiger partial charge on any atom is -0.496 e. The first-order valence-electron chi connectivity index (χ1n) is 5.53. The van der Waals surface area contributed by atoms with Gasteiger partial charge in [-0.05, 0) is 30.7 Å². The van der Waals surface area contributed by atoms with Crippen LogP contribution in [-0.4, -0.2) is 11.7 Å². The molecule has 1 aliphatic rings. The van der Waals surface area contributed by atoms with Gasteiger partial charge < -0.3 is 9.30 Å². The lowest BCUT2D eigenvalue weighted by Gasteiger charge is -2.06. The molecular formula is C14H12N2O. The van der Waals surface area contributed by atoms with Crippen LogP contribution in [0.5, 0.6) is 5.75 Å². The number of allylic oxidation sites excluding steroid dienone is 1. The summed E-state index contributed by atoms with van der Waals surface area (Å²) in [7, 11) is 1.66. The van der Waals surface area contributed by atoms with Crippen molar-refractivity contribution in [3.05, 3.63) is 35.0 Å². The third-order valence-corrected chi connectivity index (χ3v) is 3.30. The third kappa shape index (κ3) is 1.21. The van der Waals surface area contributed by atoms with E-state index in [1.807, 2.05) is 19.1 Å². The highest BCUT2D eigenvalue weighted by molar-refractivity contribution is 5.93. The van der Waals surface area contributed by atoms with E-state index in [0.29, 0.717) is 0 Å². The lowest BCUT2D eigenvalue weighted by Crippen LogP contribution is -1.93. The Morgan fingerprint density at radius 1 is 1.41 bits per heavy atom. The molecule has 0 N–H and O–H groups in total. The molecule has 2 heterocycles. The fraction of sp³-hybridized carbons (Fsp3) is 0.214. The number of benzene rings is 1. The number of aryl methyl sites for hydroxylation is 1. The SMILES string of the molecule is COc1cc2c(C#N)c3n(c2cc1C)CC=C3. The van der Waals surface area contributed by atoms with Gasteiger partial charge in [-0.1, -0.05) is 6.08 Å². The van der Waals surface area contributed by atoms with Crippen LogP contribution in [0, 0.1) is 18.3 Å². The van der Waals surface area contributed by atoms with E-state index in [4.69, 9.17) is 4.74 Å². The fourth-order valence-electron chi connectivity index (χ4n) is 2.48. The van der Waals surface area contributed by atoms with E-state index in [9.17, 15) is 5.26 Å². The van der Waals surface area contributed by atoms with Crippen molar-refractivity contribution in [2.24, 2.45) is 0 Å². The van der Waals surface area contributed by atoms with Crippen molar-refractivity contribution in [2.45, 2.75) is 13.5 Å². The number of methoxy groups -OCH3 is 1. The molecule has 3 rings (SSSR count). The lowest BCUT2D eigenvalue weighted by atomic mass is 10.1. The van der Waals surface area contributed by atoms with Gasteiger partial charge in [0.25, 0.3) is 0 Å². The molecule has 0 spiro atoms. The van der Waals surface area contributed by atoms with Crippen LogP contribution >= 0.6 is 0 Å². The van der Waals surface area contributed by atoms with Crippen molar-refractivity contribution >= 4 is 17.0 Å². The zero-order chi connectivity index (χ0) is 12.0. The van der Waals surface area contributed by atoms with E-state index in [1.165, 1.54) is 0 Å². The predicted octanol–water partition coefficient (Wildman–Crippen LogP) is 2.86. The second-order valence-electron chi connectivity index (χ2n) is 4.22. The minimum atomic E-state index is 0.743. The molecule has 0 amide bonds. The second-order valence-corrected chi connectivity index (χ2v) is 4.22. The first kappa shape index (κ1) is 9.98. The maximum absolute atomic E-state index is 9.28. The number of aromatic nitrogens is 1. The summed E-state index contributed by atoms with van der Waals surface area (Å²) in [5.74, 6) is 0.835. The molecule has 0 unspecified atom stereocenters. The molecule has 17 heavy (non-hydrogen) atoms. The van der Waals surface area contributed by atoms with Crippen LogP contribution in [0.3, 0.4) is 0 Å². The van der Waals surface area contributed by atoms with Gasteiger partial charge in [0.1, 0.15) is 11.8 Å². The van der Waals surface area contributed by atoms with Gasteiger partial charge in [-0.15, -0.1) is 0 Å². The number of ether oxygens (including phenoxy) is 1. The normalized spacial score (nSPS) is 12.8. The van der Waals surface area contributed by atoms with Gasteiger partial charge in [-0.25, -0.2) is 0 Å². The predicted molar refractivity (Wildman–Crippen MR) is 67.0 cm³/mol. The summed E-state index contributed by atoms with van der Waals surface area (Å²) >= 11 is 0. The Balaban J connectivity index is 2.45. The quantitative estimate of drug-likeness (QED) is 0.747. The average Bonchev–Trinajstić information content (AvgIpc) is 2.88. The molecule has 0 radical (unpaired) electrons. The minimum absolute atomic E-state index is 0.743. The fourth-order valence-corrected chi connectivity index (χ4v) is 2.48. The van der Waals surface area contributed by atoms with E-state index in [-0.39, 0.29) is 0 Å². The molecule has 2 aromatic rings. The van der Waals surface area contributed by atoms with E-state index in [1.54, 1.807) is 7.11 Å². The second kappa shape index (κ2) is 3.39. The molecule has 84 valence electrons. The maximum Gasteiger partial charge on any atom is 0.122 e. The van der Waals surface area contributed by atoms with Gasteiger partial charge in [0.15, 0.2) is 0 Å². The largest absolute Gasteiger partial charge is 0.496 e. The summed E-state index contributed by atoms with van der Waals surface area (Å²) in [6.07, 6.45) is 4.09. The van der Waals surface area contributed by atoms with E-state index < -0.39 is 0 Å². The highest BCUT2D eigenvalue weighted by Crippen LogP contribution is 2.34. The third-order valence-electron chi connectivity index (χ3n) is 3.30. The number of nitriles is 1. The summed E-state index contributed by atoms with van der Waals surface area (Å²) < 4.78 is 7.48. The molecule has 0 bridgehead atoms. The highest BCUT2D eigenvalue weighted by atomic mass is 16.5. The smallest absolute Gasteiger partial charge is 0.122 e. The Labute approximate surface area is 99.5 Å². The summed E-state index contributed by atoms with van der Waals surface area (Å²) in [6, 6.07) is 6.34. The van der Waals surface area contributed by atoms with Crippen molar-refractivity contribution < 1.29 is 4.74 Å². The first-order valence-corrected chi connectivity index (χ1v) is 5.53. The number of hydrogen-bond donors (Lipinski definition) is 0. The Kier molecular flexibility index (Phi) is 1.99. The van der Waals surface area contributed by atoms with E-state index in [0.717, 1.165) is 40.0 Å². The molecule has 0 atom stereocenters. The highest BCUT2D eigenvalue weighted by Gasteiger charge is 2.18. The topological polar surface area (TPSA) is 37.9 Å². The van der Waals surface area contributed by atoms with Gasteiger partial charge in [0.05, 0.1) is 23.9 Å². The Bertz CT molecular complexity index is 687. The number of fused-ring (bicyclic) bond motifs is 3. The molecule has 3 nitrogen and oxygen atoms in total. The van der Waals surface area contributed by atoms with Crippen LogP contribution in [0.2, 0.25) is 0 Å². The average molecular weight is 224 g/mol. The van der Waals surface area contributed by atoms with Crippen molar-refractivity contribution in [3.63, 3.8) is 0 Å². The van der Waals surface area contributed by atoms with Crippen LogP contribution in [0.15, 0.2) is 18.2 Å². The monoisotopic (exact) mass is 224 g/mol. The Morgan fingerprint density at radius 3 is 2.94 bits per heavy atom. The molecule has 0 saturated carbocycles. The number of rotatable bonds is 1. The molecule has 1 aromatic heterocycles. The molecular weight excluding hydrogens is 212 g/mol. The number of nitrogens with zero attached hydrogens (tertiary/aromatic N) is 2. The van der Waals surface area contributed by atoms with E-state index >= 15 is 0 Å². The van der Waals surface area contributed by atoms with Gasteiger partial charge in [-0.3, -0.25) is 0 Å². The van der Waals surface area contributed by atoms with Crippen molar-refractivity contribution in [1.82, 2.24) is 4.57 Å². The molecule has 3 heteroatoms. The summed E-state index contributed by atoms with van der Waals surface area (Å²) in [4.78, 5) is 0. The first-order chi connectivity index (χ1) is 8.26. The van der Waals surface area contributed by atoms with Gasteiger partial charge in [0.2, 0.25) is 0 Å². The van der Waals surface area contributed by atoms with Crippen LogP contribution in [0.1, 0.15) is 16.8 Å². The maximum atomic E-state index is 9.28. The van der Waals surface area contributed by atoms with Crippen molar-refractivity contribution in [1.29, 1.82) is 5.26 Å². The Hall–Kier alpha value is -2.21. The van der Waals surface area contributed by atoms with E-state index in [2.05, 4.69) is 22.8 Å². The van der Waals surface area contributed by atoms with Crippen LogP contribution in [-0.2, 0) is 6.54 Å². The number of hydrogen-bond acceptors (Lipinski definition) is 2. The van der Waals surface area contributed by atoms with Crippen LogP contribution in [0.25, 0.3) is 17.0 Å². The van der Waals surface area contributed by atoms with Crippen molar-refractivity contribution in [2.75, 3.05) is 7.11 Å². The molecule has 0 aliphatic carbocycles. The zero-order valence-corrected chi connectivity index (χ0v) is 9.82. The molecule has 0 fully saturated rings. The zero-order valence-electron chi connectivity index (χ0n) is 9.82. The lowest BCUT2D eigenvalue weighted by molar-refractivity contribution is 0.412. The van der Waals surface area contributed by atoms with Crippen LogP contribution in [0.4, 0.5) is 0 Å². The van der Waals surface area contributed by atoms with Gasteiger partial charge in [0, 0.05) is 11.9 Å². The summed E-state index contributed by atoms with van der Waals surface area (Å²) in [5, 5.41) is 10.3. The van der Waals surface area contributed by atoms with Crippen molar-refractivity contribution in [3.8, 4) is 11.8 Å². The van der Waals surface area contributed by atoms with Crippen LogP contribution < -0.4 is 4.74 Å². The summed E-state index contributed by atoms with van der Waals surface area (Å²) in [6.45, 7) is 2.87. The molecule has 0 saturated heterocycles. The molecule has 1 aromatic carbocycles. The standard InChI is InChI=1S/C14H12N2O/c1-9-6-13-10(7-14(9)17-2)11(8-15)12-4-3-5-16(12)13/h3-4,6-7H,5H2,1-2H3. The summed E-state index contributed by atoms with van der Waals surface area (Å²) in [5.41, 5.74) is 3.96. The van der Waals surface area contributed by atoms with Gasteiger partial charge in [-0.2, -0.15) is 5.26 Å². The molecule has 1 aliphatic heterocycles. The van der Waals surface area contributed by atoms with Gasteiger partial charge >= 0.3 is 0 Å².